The van der Waals surface area contributed by atoms with Crippen molar-refractivity contribution in [3.63, 3.8) is 0 Å². The van der Waals surface area contributed by atoms with Crippen LogP contribution in [0.5, 0.6) is 0 Å². The fourth-order valence-electron chi connectivity index (χ4n) is 4.32. The first-order valence-corrected chi connectivity index (χ1v) is 6.40. The lowest BCUT2D eigenvalue weighted by Gasteiger charge is -2.62. The predicted octanol–water partition coefficient (Wildman–Crippen LogP) is 1.39. The Balaban J connectivity index is 2.54. The number of nitrogens with zero attached hydrogens (tertiary/aromatic N) is 1. The van der Waals surface area contributed by atoms with Crippen LogP contribution in [0.1, 0.15) is 54.9 Å². The molecule has 2 aliphatic rings. The van der Waals surface area contributed by atoms with Gasteiger partial charge in [-0.05, 0) is 48.5 Å². The standard InChI is InChI=1S/C13H25NO4/c1-9(2,3)14-10(4,5)8-12(15,16)13(17-18-13)11(14,6)7/h15-16H,8H2,1-7H3. The van der Waals surface area contributed by atoms with Crippen LogP contribution in [-0.4, -0.2) is 43.3 Å². The second-order valence-electron chi connectivity index (χ2n) is 7.65. The summed E-state index contributed by atoms with van der Waals surface area (Å²) in [5.74, 6) is -3.34. The zero-order valence-corrected chi connectivity index (χ0v) is 12.4. The lowest BCUT2D eigenvalue weighted by atomic mass is 9.69. The Morgan fingerprint density at radius 2 is 1.44 bits per heavy atom. The van der Waals surface area contributed by atoms with E-state index in [9.17, 15) is 10.2 Å². The maximum absolute atomic E-state index is 10.3. The van der Waals surface area contributed by atoms with Crippen molar-refractivity contribution in [1.29, 1.82) is 0 Å². The minimum Gasteiger partial charge on any atom is -0.361 e. The molecule has 5 heteroatoms. The Morgan fingerprint density at radius 3 is 1.78 bits per heavy atom. The molecule has 0 aliphatic carbocycles. The van der Waals surface area contributed by atoms with Crippen LogP contribution in [0.25, 0.3) is 0 Å². The molecule has 0 bridgehead atoms. The number of likely N-dealkylation sites (tertiary alicyclic amines) is 1. The van der Waals surface area contributed by atoms with Gasteiger partial charge in [-0.1, -0.05) is 0 Å². The molecule has 0 atom stereocenters. The fraction of sp³-hybridized carbons (Fsp3) is 1.00. The molecule has 2 N–H and O–H groups in total. The highest BCUT2D eigenvalue weighted by atomic mass is 17.4. The second kappa shape index (κ2) is 3.27. The van der Waals surface area contributed by atoms with Gasteiger partial charge in [-0.3, -0.25) is 4.90 Å². The topological polar surface area (TPSA) is 68.8 Å². The van der Waals surface area contributed by atoms with Crippen molar-refractivity contribution in [3.8, 4) is 0 Å². The first-order valence-electron chi connectivity index (χ1n) is 6.40. The average molecular weight is 259 g/mol. The third-order valence-corrected chi connectivity index (χ3v) is 4.10. The number of aliphatic hydroxyl groups is 2. The normalized spacial score (nSPS) is 32.5. The Kier molecular flexibility index (Phi) is 2.58. The molecule has 106 valence electrons. The largest absolute Gasteiger partial charge is 0.361 e. The predicted molar refractivity (Wildman–Crippen MR) is 66.4 cm³/mol. The molecule has 2 fully saturated rings. The molecule has 5 nitrogen and oxygen atoms in total. The summed E-state index contributed by atoms with van der Waals surface area (Å²) in [6.45, 7) is 14.2. The van der Waals surface area contributed by atoms with E-state index in [1.165, 1.54) is 0 Å². The molecule has 2 aliphatic heterocycles. The molecule has 0 radical (unpaired) electrons. The van der Waals surface area contributed by atoms with E-state index in [-0.39, 0.29) is 17.5 Å². The van der Waals surface area contributed by atoms with Gasteiger partial charge in [0.2, 0.25) is 5.79 Å². The van der Waals surface area contributed by atoms with Crippen LogP contribution >= 0.6 is 0 Å². The maximum atomic E-state index is 10.3. The molecule has 1 spiro atoms. The SMILES string of the molecule is CC(C)(C)N1C(C)(C)CC(O)(O)C2(OO2)C1(C)C. The van der Waals surface area contributed by atoms with Gasteiger partial charge in [-0.2, -0.15) is 9.78 Å². The molecule has 0 amide bonds. The Hall–Kier alpha value is -0.200. The van der Waals surface area contributed by atoms with Crippen molar-refractivity contribution in [1.82, 2.24) is 4.90 Å². The Bertz CT molecular complexity index is 364. The smallest absolute Gasteiger partial charge is 0.303 e. The highest BCUT2D eigenvalue weighted by molar-refractivity contribution is 5.18. The zero-order valence-electron chi connectivity index (χ0n) is 12.4. The summed E-state index contributed by atoms with van der Waals surface area (Å²) in [5, 5.41) is 20.6. The summed E-state index contributed by atoms with van der Waals surface area (Å²) in [6.07, 6.45) is 0.167. The molecule has 2 saturated heterocycles. The molecule has 2 heterocycles. The summed E-state index contributed by atoms with van der Waals surface area (Å²) in [6, 6.07) is 0. The van der Waals surface area contributed by atoms with Crippen LogP contribution in [0.2, 0.25) is 0 Å². The zero-order chi connectivity index (χ0) is 14.2. The summed E-state index contributed by atoms with van der Waals surface area (Å²) in [7, 11) is 0. The maximum Gasteiger partial charge on any atom is 0.303 e. The van der Waals surface area contributed by atoms with Crippen LogP contribution in [0.4, 0.5) is 0 Å². The minimum absolute atomic E-state index is 0.147. The van der Waals surface area contributed by atoms with Crippen molar-refractivity contribution >= 4 is 0 Å². The number of rotatable bonds is 0. The summed E-state index contributed by atoms with van der Waals surface area (Å²) >= 11 is 0. The molecule has 0 aromatic heterocycles. The highest BCUT2D eigenvalue weighted by Crippen LogP contribution is 2.59. The second-order valence-corrected chi connectivity index (χ2v) is 7.65. The van der Waals surface area contributed by atoms with Crippen molar-refractivity contribution in [2.24, 2.45) is 0 Å². The first-order chi connectivity index (χ1) is 7.78. The molecule has 2 rings (SSSR count). The fourth-order valence-corrected chi connectivity index (χ4v) is 4.32. The number of hydrogen-bond donors (Lipinski definition) is 2. The van der Waals surface area contributed by atoms with Gasteiger partial charge in [0.05, 0.1) is 5.54 Å². The lowest BCUT2D eigenvalue weighted by Crippen LogP contribution is -2.78. The van der Waals surface area contributed by atoms with Gasteiger partial charge in [-0.15, -0.1) is 0 Å². The molecular formula is C13H25NO4. The van der Waals surface area contributed by atoms with E-state index < -0.39 is 17.1 Å². The van der Waals surface area contributed by atoms with E-state index in [0.29, 0.717) is 0 Å². The first kappa shape index (κ1) is 14.2. The molecule has 0 aromatic rings. The van der Waals surface area contributed by atoms with Gasteiger partial charge < -0.3 is 10.2 Å². The monoisotopic (exact) mass is 259 g/mol. The van der Waals surface area contributed by atoms with Crippen molar-refractivity contribution in [2.45, 2.75) is 83.1 Å². The average Bonchev–Trinajstić information content (AvgIpc) is 2.71. The number of hydrogen-bond acceptors (Lipinski definition) is 5. The van der Waals surface area contributed by atoms with Crippen molar-refractivity contribution in [3.05, 3.63) is 0 Å². The van der Waals surface area contributed by atoms with Gasteiger partial charge in [0, 0.05) is 17.5 Å². The highest BCUT2D eigenvalue weighted by Gasteiger charge is 2.80. The van der Waals surface area contributed by atoms with Gasteiger partial charge >= 0.3 is 5.79 Å². The molecule has 0 aromatic carbocycles. The minimum atomic E-state index is -1.98. The molecule has 0 saturated carbocycles. The van der Waals surface area contributed by atoms with E-state index in [1.807, 2.05) is 27.7 Å². The molecular weight excluding hydrogens is 234 g/mol. The quantitative estimate of drug-likeness (QED) is 0.391. The van der Waals surface area contributed by atoms with Crippen LogP contribution in [-0.2, 0) is 9.78 Å². The third kappa shape index (κ3) is 1.58. The summed E-state index contributed by atoms with van der Waals surface area (Å²) < 4.78 is 0. The third-order valence-electron chi connectivity index (χ3n) is 4.10. The van der Waals surface area contributed by atoms with Crippen LogP contribution < -0.4 is 0 Å². The number of piperidine rings is 1. The van der Waals surface area contributed by atoms with Gasteiger partial charge in [0.1, 0.15) is 0 Å². The van der Waals surface area contributed by atoms with E-state index >= 15 is 0 Å². The molecule has 0 unspecified atom stereocenters. The van der Waals surface area contributed by atoms with Crippen molar-refractivity contribution < 1.29 is 20.0 Å². The van der Waals surface area contributed by atoms with Crippen LogP contribution in [0, 0.1) is 0 Å². The Labute approximate surface area is 109 Å². The van der Waals surface area contributed by atoms with E-state index in [0.717, 1.165) is 0 Å². The van der Waals surface area contributed by atoms with Crippen LogP contribution in [0.15, 0.2) is 0 Å². The van der Waals surface area contributed by atoms with E-state index in [1.54, 1.807) is 0 Å². The van der Waals surface area contributed by atoms with Crippen molar-refractivity contribution in [2.75, 3.05) is 0 Å². The summed E-state index contributed by atoms with van der Waals surface area (Å²) in [4.78, 5) is 12.3. The van der Waals surface area contributed by atoms with E-state index in [4.69, 9.17) is 9.78 Å². The van der Waals surface area contributed by atoms with Crippen LogP contribution in [0.3, 0.4) is 0 Å². The van der Waals surface area contributed by atoms with Gasteiger partial charge in [-0.25, -0.2) is 0 Å². The van der Waals surface area contributed by atoms with E-state index in [2.05, 4.69) is 25.7 Å². The van der Waals surface area contributed by atoms with Gasteiger partial charge in [0.25, 0.3) is 0 Å². The lowest BCUT2D eigenvalue weighted by molar-refractivity contribution is -0.308. The summed E-state index contributed by atoms with van der Waals surface area (Å²) in [5.41, 5.74) is -1.19. The van der Waals surface area contributed by atoms with Gasteiger partial charge in [0.15, 0.2) is 0 Å². The molecule has 18 heavy (non-hydrogen) atoms. The Morgan fingerprint density at radius 1 is 1.00 bits per heavy atom.